The second-order valence-electron chi connectivity index (χ2n) is 5.54. The van der Waals surface area contributed by atoms with Gasteiger partial charge in [0, 0.05) is 6.54 Å². The summed E-state index contributed by atoms with van der Waals surface area (Å²) >= 11 is 0. The highest BCUT2D eigenvalue weighted by molar-refractivity contribution is 5.78. The molecule has 0 bridgehead atoms. The number of aromatic amines is 1. The van der Waals surface area contributed by atoms with Gasteiger partial charge < -0.3 is 5.32 Å². The number of H-pyrrole nitrogens is 1. The van der Waals surface area contributed by atoms with Gasteiger partial charge in [0.25, 0.3) is 5.56 Å². The molecule has 19 heavy (non-hydrogen) atoms. The van der Waals surface area contributed by atoms with Gasteiger partial charge in [0.2, 0.25) is 5.95 Å². The van der Waals surface area contributed by atoms with E-state index in [1.807, 2.05) is 18.2 Å². The summed E-state index contributed by atoms with van der Waals surface area (Å²) in [4.78, 5) is 19.2. The molecule has 0 unspecified atom stereocenters. The Morgan fingerprint density at radius 1 is 1.37 bits per heavy atom. The average Bonchev–Trinajstić information content (AvgIpc) is 3.17. The van der Waals surface area contributed by atoms with Crippen molar-refractivity contribution in [3.05, 3.63) is 34.6 Å². The van der Waals surface area contributed by atoms with E-state index in [1.165, 1.54) is 25.7 Å². The van der Waals surface area contributed by atoms with Crippen molar-refractivity contribution in [2.24, 2.45) is 5.41 Å². The Morgan fingerprint density at radius 3 is 2.89 bits per heavy atom. The normalized spacial score (nSPS) is 16.5. The molecule has 1 saturated carbocycles. The van der Waals surface area contributed by atoms with Crippen LogP contribution in [0.5, 0.6) is 0 Å². The van der Waals surface area contributed by atoms with Gasteiger partial charge in [-0.2, -0.15) is 0 Å². The maximum atomic E-state index is 11.9. The zero-order chi connectivity index (χ0) is 13.3. The van der Waals surface area contributed by atoms with Crippen LogP contribution in [0.3, 0.4) is 0 Å². The van der Waals surface area contributed by atoms with E-state index in [0.29, 0.717) is 16.7 Å². The van der Waals surface area contributed by atoms with Crippen LogP contribution in [0.2, 0.25) is 0 Å². The minimum Gasteiger partial charge on any atom is -0.355 e. The fraction of sp³-hybridized carbons (Fsp3) is 0.467. The molecular formula is C15H19N3O. The van der Waals surface area contributed by atoms with Gasteiger partial charge in [-0.25, -0.2) is 4.98 Å². The van der Waals surface area contributed by atoms with Crippen molar-refractivity contribution in [1.29, 1.82) is 0 Å². The Kier molecular flexibility index (Phi) is 3.01. The van der Waals surface area contributed by atoms with Crippen LogP contribution >= 0.6 is 0 Å². The third-order valence-electron chi connectivity index (χ3n) is 3.98. The van der Waals surface area contributed by atoms with Crippen molar-refractivity contribution in [2.75, 3.05) is 11.9 Å². The number of hydrogen-bond donors (Lipinski definition) is 2. The van der Waals surface area contributed by atoms with Crippen LogP contribution in [0.25, 0.3) is 10.9 Å². The topological polar surface area (TPSA) is 57.8 Å². The summed E-state index contributed by atoms with van der Waals surface area (Å²) < 4.78 is 0. The first-order valence-electron chi connectivity index (χ1n) is 6.95. The molecule has 2 aromatic rings. The summed E-state index contributed by atoms with van der Waals surface area (Å²) in [6.07, 6.45) is 5.03. The summed E-state index contributed by atoms with van der Waals surface area (Å²) in [6, 6.07) is 7.42. The van der Waals surface area contributed by atoms with Crippen LogP contribution in [0.1, 0.15) is 32.6 Å². The molecule has 0 atom stereocenters. The molecular weight excluding hydrogens is 238 g/mol. The van der Waals surface area contributed by atoms with E-state index in [1.54, 1.807) is 6.07 Å². The van der Waals surface area contributed by atoms with Gasteiger partial charge in [-0.3, -0.25) is 9.78 Å². The quantitative estimate of drug-likeness (QED) is 0.866. The second-order valence-corrected chi connectivity index (χ2v) is 5.54. The second kappa shape index (κ2) is 4.68. The molecule has 2 N–H and O–H groups in total. The first-order chi connectivity index (χ1) is 9.22. The summed E-state index contributed by atoms with van der Waals surface area (Å²) in [5, 5.41) is 3.94. The van der Waals surface area contributed by atoms with Crippen LogP contribution in [0.15, 0.2) is 29.1 Å². The number of nitrogens with zero attached hydrogens (tertiary/aromatic N) is 1. The third-order valence-corrected chi connectivity index (χ3v) is 3.98. The van der Waals surface area contributed by atoms with Gasteiger partial charge in [0.1, 0.15) is 0 Å². The SMILES string of the molecule is CCCC1(CNc2nc3ccccc3c(=O)[nH]2)CC1. The van der Waals surface area contributed by atoms with E-state index in [0.717, 1.165) is 12.1 Å². The molecule has 1 aliphatic rings. The van der Waals surface area contributed by atoms with Crippen LogP contribution in [-0.2, 0) is 0 Å². The van der Waals surface area contributed by atoms with Crippen LogP contribution in [0, 0.1) is 5.41 Å². The zero-order valence-electron chi connectivity index (χ0n) is 11.2. The molecule has 0 saturated heterocycles. The third kappa shape index (κ3) is 2.48. The smallest absolute Gasteiger partial charge is 0.260 e. The van der Waals surface area contributed by atoms with Gasteiger partial charge in [0.15, 0.2) is 0 Å². The number of fused-ring (bicyclic) bond motifs is 1. The number of hydrogen-bond acceptors (Lipinski definition) is 3. The zero-order valence-corrected chi connectivity index (χ0v) is 11.2. The van der Waals surface area contributed by atoms with Crippen LogP contribution < -0.4 is 10.9 Å². The number of aromatic nitrogens is 2. The molecule has 100 valence electrons. The fourth-order valence-electron chi connectivity index (χ4n) is 2.66. The number of nitrogens with one attached hydrogen (secondary N) is 2. The number of benzene rings is 1. The Hall–Kier alpha value is -1.84. The van der Waals surface area contributed by atoms with Crippen molar-refractivity contribution >= 4 is 16.9 Å². The number of para-hydroxylation sites is 1. The molecule has 1 aromatic carbocycles. The van der Waals surface area contributed by atoms with Gasteiger partial charge in [-0.05, 0) is 36.8 Å². The standard InChI is InChI=1S/C15H19N3O/c1-2-7-15(8-9-15)10-16-14-17-12-6-4-3-5-11(12)13(19)18-14/h3-6H,2,7-10H2,1H3,(H2,16,17,18,19). The lowest BCUT2D eigenvalue weighted by Gasteiger charge is -2.15. The highest BCUT2D eigenvalue weighted by atomic mass is 16.1. The molecule has 0 amide bonds. The maximum absolute atomic E-state index is 11.9. The fourth-order valence-corrected chi connectivity index (χ4v) is 2.66. The molecule has 1 fully saturated rings. The minimum atomic E-state index is -0.0755. The van der Waals surface area contributed by atoms with Crippen molar-refractivity contribution in [2.45, 2.75) is 32.6 Å². The van der Waals surface area contributed by atoms with E-state index >= 15 is 0 Å². The van der Waals surface area contributed by atoms with Gasteiger partial charge in [0.05, 0.1) is 10.9 Å². The molecule has 0 radical (unpaired) electrons. The Morgan fingerprint density at radius 2 is 2.16 bits per heavy atom. The first kappa shape index (κ1) is 12.2. The first-order valence-corrected chi connectivity index (χ1v) is 6.95. The van der Waals surface area contributed by atoms with Crippen LogP contribution in [-0.4, -0.2) is 16.5 Å². The largest absolute Gasteiger partial charge is 0.355 e. The summed E-state index contributed by atoms with van der Waals surface area (Å²) in [7, 11) is 0. The van der Waals surface area contributed by atoms with E-state index < -0.39 is 0 Å². The summed E-state index contributed by atoms with van der Waals surface area (Å²) in [5.41, 5.74) is 1.11. The Balaban J connectivity index is 1.80. The lowest BCUT2D eigenvalue weighted by atomic mass is 10.0. The average molecular weight is 257 g/mol. The molecule has 0 spiro atoms. The van der Waals surface area contributed by atoms with Gasteiger partial charge in [-0.1, -0.05) is 25.5 Å². The summed E-state index contributed by atoms with van der Waals surface area (Å²) in [5.74, 6) is 0.589. The lowest BCUT2D eigenvalue weighted by molar-refractivity contribution is 0.484. The molecule has 3 rings (SSSR count). The molecule has 0 aliphatic heterocycles. The van der Waals surface area contributed by atoms with E-state index in [4.69, 9.17) is 0 Å². The van der Waals surface area contributed by atoms with Crippen LogP contribution in [0.4, 0.5) is 5.95 Å². The molecule has 1 aliphatic carbocycles. The lowest BCUT2D eigenvalue weighted by Crippen LogP contribution is -2.19. The van der Waals surface area contributed by atoms with Gasteiger partial charge >= 0.3 is 0 Å². The number of rotatable bonds is 5. The van der Waals surface area contributed by atoms with E-state index in [9.17, 15) is 4.79 Å². The van der Waals surface area contributed by atoms with Crippen molar-refractivity contribution in [3.63, 3.8) is 0 Å². The highest BCUT2D eigenvalue weighted by Crippen LogP contribution is 2.49. The van der Waals surface area contributed by atoms with Crippen molar-refractivity contribution < 1.29 is 0 Å². The molecule has 4 heteroatoms. The predicted octanol–water partition coefficient (Wildman–Crippen LogP) is 2.92. The molecule has 4 nitrogen and oxygen atoms in total. The molecule has 1 aromatic heterocycles. The summed E-state index contributed by atoms with van der Waals surface area (Å²) in [6.45, 7) is 3.12. The Bertz CT molecular complexity index is 643. The van der Waals surface area contributed by atoms with E-state index in [-0.39, 0.29) is 5.56 Å². The highest BCUT2D eigenvalue weighted by Gasteiger charge is 2.41. The monoisotopic (exact) mass is 257 g/mol. The minimum absolute atomic E-state index is 0.0755. The van der Waals surface area contributed by atoms with Crippen molar-refractivity contribution in [3.8, 4) is 0 Å². The predicted molar refractivity (Wildman–Crippen MR) is 77.4 cm³/mol. The molecule has 1 heterocycles. The number of anilines is 1. The van der Waals surface area contributed by atoms with Gasteiger partial charge in [-0.15, -0.1) is 0 Å². The van der Waals surface area contributed by atoms with Crippen molar-refractivity contribution in [1.82, 2.24) is 9.97 Å². The van der Waals surface area contributed by atoms with E-state index in [2.05, 4.69) is 22.2 Å². The maximum Gasteiger partial charge on any atom is 0.260 e. The Labute approximate surface area is 112 Å².